The van der Waals surface area contributed by atoms with Gasteiger partial charge in [0.15, 0.2) is 5.03 Å². The molecule has 116 valence electrons. The van der Waals surface area contributed by atoms with Gasteiger partial charge in [0.1, 0.15) is 0 Å². The minimum absolute atomic E-state index is 0.0899. The summed E-state index contributed by atoms with van der Waals surface area (Å²) in [7, 11) is -3.56. The highest BCUT2D eigenvalue weighted by molar-refractivity contribution is 7.89. The molecule has 0 saturated heterocycles. The second-order valence-corrected chi connectivity index (χ2v) is 7.28. The fourth-order valence-corrected chi connectivity index (χ4v) is 3.90. The van der Waals surface area contributed by atoms with Crippen LogP contribution in [0.3, 0.4) is 0 Å². The average Bonchev–Trinajstić information content (AvgIpc) is 2.68. The lowest BCUT2D eigenvalue weighted by molar-refractivity contribution is 0.367. The van der Waals surface area contributed by atoms with Crippen molar-refractivity contribution in [2.24, 2.45) is 0 Å². The standard InChI is InChI=1S/C13H26N4O2S/c1-7-17(10(4)5)20(18,19)13-12(8-14-9(2)3)11(6)15-16-13/h9-10,14H,7-8H2,1-6H3,(H,15,16). The molecule has 1 aromatic rings. The number of aromatic nitrogens is 2. The molecule has 7 heteroatoms. The maximum absolute atomic E-state index is 12.7. The Bertz CT molecular complexity index is 535. The molecule has 0 aliphatic carbocycles. The van der Waals surface area contributed by atoms with Crippen molar-refractivity contribution in [3.63, 3.8) is 0 Å². The van der Waals surface area contributed by atoms with Crippen LogP contribution in [0.1, 0.15) is 45.9 Å². The maximum Gasteiger partial charge on any atom is 0.262 e. The van der Waals surface area contributed by atoms with E-state index in [1.54, 1.807) is 0 Å². The summed E-state index contributed by atoms with van der Waals surface area (Å²) in [5.74, 6) is 0. The second kappa shape index (κ2) is 6.69. The first kappa shape index (κ1) is 17.1. The van der Waals surface area contributed by atoms with E-state index >= 15 is 0 Å². The molecule has 20 heavy (non-hydrogen) atoms. The molecule has 1 rings (SSSR count). The van der Waals surface area contributed by atoms with Crippen LogP contribution < -0.4 is 5.32 Å². The first-order chi connectivity index (χ1) is 9.21. The molecule has 0 aliphatic rings. The van der Waals surface area contributed by atoms with Gasteiger partial charge in [-0.3, -0.25) is 5.10 Å². The van der Waals surface area contributed by atoms with E-state index in [2.05, 4.69) is 15.5 Å². The molecule has 0 atom stereocenters. The van der Waals surface area contributed by atoms with Gasteiger partial charge in [-0.1, -0.05) is 20.8 Å². The lowest BCUT2D eigenvalue weighted by atomic mass is 10.2. The van der Waals surface area contributed by atoms with Crippen molar-refractivity contribution in [2.75, 3.05) is 6.54 Å². The predicted octanol–water partition coefficient (Wildman–Crippen LogP) is 1.64. The van der Waals surface area contributed by atoms with Gasteiger partial charge in [-0.15, -0.1) is 0 Å². The number of aromatic amines is 1. The Morgan fingerprint density at radius 2 is 1.90 bits per heavy atom. The quantitative estimate of drug-likeness (QED) is 0.802. The van der Waals surface area contributed by atoms with Crippen LogP contribution in [0.4, 0.5) is 0 Å². The average molecular weight is 302 g/mol. The Balaban J connectivity index is 3.19. The van der Waals surface area contributed by atoms with E-state index in [-0.39, 0.29) is 17.1 Å². The molecule has 2 N–H and O–H groups in total. The van der Waals surface area contributed by atoms with E-state index in [0.29, 0.717) is 13.1 Å². The fourth-order valence-electron chi connectivity index (χ4n) is 2.08. The van der Waals surface area contributed by atoms with Crippen LogP contribution in [0.2, 0.25) is 0 Å². The zero-order chi connectivity index (χ0) is 15.5. The Morgan fingerprint density at radius 1 is 1.30 bits per heavy atom. The summed E-state index contributed by atoms with van der Waals surface area (Å²) in [5, 5.41) is 10.2. The highest BCUT2D eigenvalue weighted by Gasteiger charge is 2.31. The smallest absolute Gasteiger partial charge is 0.262 e. The molecule has 0 aliphatic heterocycles. The molecule has 6 nitrogen and oxygen atoms in total. The molecule has 1 aromatic heterocycles. The van der Waals surface area contributed by atoms with Crippen LogP contribution in [0.5, 0.6) is 0 Å². The van der Waals surface area contributed by atoms with Crippen molar-refractivity contribution >= 4 is 10.0 Å². The first-order valence-electron chi connectivity index (χ1n) is 7.00. The normalized spacial score (nSPS) is 12.8. The van der Waals surface area contributed by atoms with E-state index in [1.807, 2.05) is 41.5 Å². The molecular formula is C13H26N4O2S. The zero-order valence-corrected chi connectivity index (χ0v) is 14.0. The van der Waals surface area contributed by atoms with Crippen LogP contribution in [-0.2, 0) is 16.6 Å². The highest BCUT2D eigenvalue weighted by Crippen LogP contribution is 2.22. The summed E-state index contributed by atoms with van der Waals surface area (Å²) in [6, 6.07) is 0.195. The van der Waals surface area contributed by atoms with Crippen molar-refractivity contribution in [3.8, 4) is 0 Å². The van der Waals surface area contributed by atoms with E-state index in [9.17, 15) is 8.42 Å². The minimum atomic E-state index is -3.56. The van der Waals surface area contributed by atoms with E-state index in [1.165, 1.54) is 4.31 Å². The Hall–Kier alpha value is -0.920. The maximum atomic E-state index is 12.7. The molecule has 0 bridgehead atoms. The highest BCUT2D eigenvalue weighted by atomic mass is 32.2. The third-order valence-electron chi connectivity index (χ3n) is 3.16. The summed E-state index contributed by atoms with van der Waals surface area (Å²) in [6.45, 7) is 12.4. The summed E-state index contributed by atoms with van der Waals surface area (Å²) >= 11 is 0. The van der Waals surface area contributed by atoms with Gasteiger partial charge in [-0.2, -0.15) is 9.40 Å². The molecule has 0 amide bonds. The van der Waals surface area contributed by atoms with Gasteiger partial charge in [-0.25, -0.2) is 8.42 Å². The number of aryl methyl sites for hydroxylation is 1. The predicted molar refractivity (Wildman–Crippen MR) is 80.0 cm³/mol. The van der Waals surface area contributed by atoms with Gasteiger partial charge in [0, 0.05) is 36.4 Å². The number of hydrogen-bond donors (Lipinski definition) is 2. The van der Waals surface area contributed by atoms with Gasteiger partial charge in [0.2, 0.25) is 0 Å². The third-order valence-corrected chi connectivity index (χ3v) is 5.29. The second-order valence-electron chi connectivity index (χ2n) is 5.47. The number of hydrogen-bond acceptors (Lipinski definition) is 4. The van der Waals surface area contributed by atoms with Gasteiger partial charge in [0.25, 0.3) is 10.0 Å². The van der Waals surface area contributed by atoms with E-state index < -0.39 is 10.0 Å². The van der Waals surface area contributed by atoms with Crippen molar-refractivity contribution < 1.29 is 8.42 Å². The molecular weight excluding hydrogens is 276 g/mol. The number of nitrogens with zero attached hydrogens (tertiary/aromatic N) is 2. The largest absolute Gasteiger partial charge is 0.310 e. The van der Waals surface area contributed by atoms with Gasteiger partial charge >= 0.3 is 0 Å². The molecule has 0 aromatic carbocycles. The zero-order valence-electron chi connectivity index (χ0n) is 13.2. The Kier molecular flexibility index (Phi) is 5.73. The van der Waals surface area contributed by atoms with Crippen molar-refractivity contribution in [1.82, 2.24) is 19.8 Å². The molecule has 0 unspecified atom stereocenters. The Morgan fingerprint density at radius 3 is 2.35 bits per heavy atom. The summed E-state index contributed by atoms with van der Waals surface area (Å²) in [6.07, 6.45) is 0. The number of sulfonamides is 1. The molecule has 0 spiro atoms. The molecule has 0 saturated carbocycles. The van der Waals surface area contributed by atoms with Gasteiger partial charge in [0.05, 0.1) is 0 Å². The number of rotatable bonds is 7. The summed E-state index contributed by atoms with van der Waals surface area (Å²) in [5.41, 5.74) is 1.51. The van der Waals surface area contributed by atoms with Crippen molar-refractivity contribution in [3.05, 3.63) is 11.3 Å². The lowest BCUT2D eigenvalue weighted by Crippen LogP contribution is -2.37. The Labute approximate surface area is 122 Å². The van der Waals surface area contributed by atoms with Crippen LogP contribution in [0, 0.1) is 6.92 Å². The van der Waals surface area contributed by atoms with Crippen molar-refractivity contribution in [2.45, 2.75) is 65.2 Å². The summed E-state index contributed by atoms with van der Waals surface area (Å²) in [4.78, 5) is 0. The molecule has 0 fully saturated rings. The van der Waals surface area contributed by atoms with Crippen LogP contribution in [0.25, 0.3) is 0 Å². The monoisotopic (exact) mass is 302 g/mol. The first-order valence-corrected chi connectivity index (χ1v) is 8.44. The van der Waals surface area contributed by atoms with Crippen LogP contribution >= 0.6 is 0 Å². The summed E-state index contributed by atoms with van der Waals surface area (Å²) < 4.78 is 26.9. The minimum Gasteiger partial charge on any atom is -0.310 e. The van der Waals surface area contributed by atoms with E-state index in [0.717, 1.165) is 11.3 Å². The van der Waals surface area contributed by atoms with E-state index in [4.69, 9.17) is 0 Å². The van der Waals surface area contributed by atoms with Crippen molar-refractivity contribution in [1.29, 1.82) is 0 Å². The third kappa shape index (κ3) is 3.59. The topological polar surface area (TPSA) is 78.1 Å². The molecule has 1 heterocycles. The van der Waals surface area contributed by atoms with Gasteiger partial charge in [-0.05, 0) is 20.8 Å². The fraction of sp³-hybridized carbons (Fsp3) is 0.769. The SMILES string of the molecule is CCN(C(C)C)S(=O)(=O)c1n[nH]c(C)c1CNC(C)C. The number of nitrogens with one attached hydrogen (secondary N) is 2. The van der Waals surface area contributed by atoms with Gasteiger partial charge < -0.3 is 5.32 Å². The lowest BCUT2D eigenvalue weighted by Gasteiger charge is -2.23. The van der Waals surface area contributed by atoms with Crippen LogP contribution in [-0.4, -0.2) is 41.5 Å². The molecule has 0 radical (unpaired) electrons. The number of H-pyrrole nitrogens is 1. The van der Waals surface area contributed by atoms with Crippen LogP contribution in [0.15, 0.2) is 5.03 Å².